The van der Waals surface area contributed by atoms with Crippen molar-refractivity contribution in [3.05, 3.63) is 35.9 Å². The molecule has 0 saturated carbocycles. The Kier molecular flexibility index (Phi) is 7.55. The van der Waals surface area contributed by atoms with Crippen LogP contribution in [0.5, 0.6) is 0 Å². The molecule has 1 aromatic rings. The second-order valence-electron chi connectivity index (χ2n) is 5.39. The monoisotopic (exact) mass is 326 g/mol. The van der Waals surface area contributed by atoms with Crippen LogP contribution in [0.15, 0.2) is 30.3 Å². The molecule has 0 fully saturated rings. The lowest BCUT2D eigenvalue weighted by Crippen LogP contribution is -2.39. The lowest BCUT2D eigenvalue weighted by atomic mass is 10.0. The molecule has 1 aromatic carbocycles. The van der Waals surface area contributed by atoms with Crippen molar-refractivity contribution in [1.29, 1.82) is 0 Å². The van der Waals surface area contributed by atoms with E-state index in [0.717, 1.165) is 18.4 Å². The third-order valence-electron chi connectivity index (χ3n) is 3.69. The van der Waals surface area contributed by atoms with E-state index < -0.39 is 10.0 Å². The molecule has 0 spiro atoms. The van der Waals surface area contributed by atoms with Gasteiger partial charge in [0.15, 0.2) is 0 Å². The van der Waals surface area contributed by atoms with Crippen molar-refractivity contribution in [1.82, 2.24) is 9.62 Å². The number of benzene rings is 1. The molecule has 5 nitrogen and oxygen atoms in total. The Labute approximate surface area is 133 Å². The fourth-order valence-electron chi connectivity index (χ4n) is 2.26. The molecule has 0 radical (unpaired) electrons. The van der Waals surface area contributed by atoms with Crippen molar-refractivity contribution in [3.63, 3.8) is 0 Å². The first-order chi connectivity index (χ1) is 10.4. The average Bonchev–Trinajstić information content (AvgIpc) is 2.47. The molecule has 6 heteroatoms. The first kappa shape index (κ1) is 18.6. The Morgan fingerprint density at radius 1 is 1.18 bits per heavy atom. The van der Waals surface area contributed by atoms with Gasteiger partial charge in [0.1, 0.15) is 0 Å². The van der Waals surface area contributed by atoms with Crippen LogP contribution in [-0.2, 0) is 21.4 Å². The van der Waals surface area contributed by atoms with Gasteiger partial charge in [-0.1, -0.05) is 44.2 Å². The molecular weight excluding hydrogens is 300 g/mol. The summed E-state index contributed by atoms with van der Waals surface area (Å²) in [6.45, 7) is 4.88. The van der Waals surface area contributed by atoms with Crippen molar-refractivity contribution < 1.29 is 13.2 Å². The van der Waals surface area contributed by atoms with Crippen LogP contribution in [0.4, 0.5) is 0 Å². The van der Waals surface area contributed by atoms with Gasteiger partial charge >= 0.3 is 0 Å². The normalized spacial score (nSPS) is 11.9. The van der Waals surface area contributed by atoms with Crippen molar-refractivity contribution >= 4 is 15.9 Å². The summed E-state index contributed by atoms with van der Waals surface area (Å²) in [4.78, 5) is 11.9. The van der Waals surface area contributed by atoms with Gasteiger partial charge in [0.25, 0.3) is 0 Å². The maximum Gasteiger partial charge on any atom is 0.223 e. The lowest BCUT2D eigenvalue weighted by molar-refractivity contribution is -0.125. The molecule has 0 aliphatic heterocycles. The molecule has 0 heterocycles. The van der Waals surface area contributed by atoms with E-state index >= 15 is 0 Å². The highest BCUT2D eigenvalue weighted by atomic mass is 32.2. The van der Waals surface area contributed by atoms with Gasteiger partial charge in [-0.2, -0.15) is 4.31 Å². The molecule has 0 saturated heterocycles. The summed E-state index contributed by atoms with van der Waals surface area (Å²) >= 11 is 0. The molecule has 0 aliphatic rings. The van der Waals surface area contributed by atoms with Crippen molar-refractivity contribution in [2.75, 3.05) is 19.3 Å². The minimum atomic E-state index is -3.31. The number of amides is 1. The maximum absolute atomic E-state index is 11.9. The van der Waals surface area contributed by atoms with Crippen LogP contribution in [-0.4, -0.2) is 38.0 Å². The number of sulfonamides is 1. The van der Waals surface area contributed by atoms with Gasteiger partial charge in [-0.05, 0) is 18.4 Å². The van der Waals surface area contributed by atoms with Gasteiger partial charge in [-0.25, -0.2) is 8.42 Å². The number of nitrogens with one attached hydrogen (secondary N) is 1. The SMILES string of the molecule is CCC(CC)C(=O)NCCN(Cc1ccccc1)S(C)(=O)=O. The van der Waals surface area contributed by atoms with Crippen LogP contribution in [0, 0.1) is 5.92 Å². The van der Waals surface area contributed by atoms with Crippen LogP contribution in [0.1, 0.15) is 32.3 Å². The van der Waals surface area contributed by atoms with Crippen LogP contribution in [0.25, 0.3) is 0 Å². The molecule has 1 rings (SSSR count). The zero-order valence-corrected chi connectivity index (χ0v) is 14.4. The largest absolute Gasteiger partial charge is 0.355 e. The van der Waals surface area contributed by atoms with Gasteiger partial charge in [-0.15, -0.1) is 0 Å². The summed E-state index contributed by atoms with van der Waals surface area (Å²) in [7, 11) is -3.31. The molecule has 0 aromatic heterocycles. The van der Waals surface area contributed by atoms with E-state index in [-0.39, 0.29) is 18.4 Å². The smallest absolute Gasteiger partial charge is 0.223 e. The first-order valence-electron chi connectivity index (χ1n) is 7.65. The van der Waals surface area contributed by atoms with Crippen molar-refractivity contribution in [3.8, 4) is 0 Å². The molecule has 124 valence electrons. The number of carbonyl (C=O) groups excluding carboxylic acids is 1. The predicted molar refractivity (Wildman–Crippen MR) is 88.8 cm³/mol. The van der Waals surface area contributed by atoms with Crippen LogP contribution < -0.4 is 5.32 Å². The Balaban J connectivity index is 2.59. The lowest BCUT2D eigenvalue weighted by Gasteiger charge is -2.21. The second kappa shape index (κ2) is 8.90. The molecule has 0 unspecified atom stereocenters. The van der Waals surface area contributed by atoms with E-state index in [1.54, 1.807) is 0 Å². The van der Waals surface area contributed by atoms with Gasteiger partial charge < -0.3 is 5.32 Å². The quantitative estimate of drug-likeness (QED) is 0.755. The zero-order chi connectivity index (χ0) is 16.6. The van der Waals surface area contributed by atoms with E-state index in [1.807, 2.05) is 44.2 Å². The Morgan fingerprint density at radius 2 is 1.77 bits per heavy atom. The molecule has 0 atom stereocenters. The first-order valence-corrected chi connectivity index (χ1v) is 9.50. The van der Waals surface area contributed by atoms with Gasteiger partial charge in [0, 0.05) is 25.6 Å². The summed E-state index contributed by atoms with van der Waals surface area (Å²) in [5.74, 6) is -0.000954. The van der Waals surface area contributed by atoms with Gasteiger partial charge in [0.05, 0.1) is 6.26 Å². The second-order valence-corrected chi connectivity index (χ2v) is 7.37. The summed E-state index contributed by atoms with van der Waals surface area (Å²) in [5.41, 5.74) is 0.930. The third kappa shape index (κ3) is 6.15. The molecule has 1 amide bonds. The number of hydrogen-bond acceptors (Lipinski definition) is 3. The summed E-state index contributed by atoms with van der Waals surface area (Å²) in [6.07, 6.45) is 2.78. The third-order valence-corrected chi connectivity index (χ3v) is 4.94. The minimum absolute atomic E-state index is 0.000747. The Bertz CT molecular complexity index is 554. The molecule has 1 N–H and O–H groups in total. The van der Waals surface area contributed by atoms with Crippen molar-refractivity contribution in [2.24, 2.45) is 5.92 Å². The number of nitrogens with zero attached hydrogens (tertiary/aromatic N) is 1. The van der Waals surface area contributed by atoms with Gasteiger partial charge in [-0.3, -0.25) is 4.79 Å². The highest BCUT2D eigenvalue weighted by Crippen LogP contribution is 2.09. The van der Waals surface area contributed by atoms with Gasteiger partial charge in [0.2, 0.25) is 15.9 Å². The topological polar surface area (TPSA) is 66.5 Å². The summed E-state index contributed by atoms with van der Waals surface area (Å²) in [6, 6.07) is 9.43. The predicted octanol–water partition coefficient (Wildman–Crippen LogP) is 2.00. The number of hydrogen-bond donors (Lipinski definition) is 1. The van der Waals surface area contributed by atoms with E-state index in [9.17, 15) is 13.2 Å². The molecule has 0 bridgehead atoms. The Morgan fingerprint density at radius 3 is 2.27 bits per heavy atom. The summed E-state index contributed by atoms with van der Waals surface area (Å²) in [5, 5.41) is 2.83. The van der Waals surface area contributed by atoms with Crippen LogP contribution >= 0.6 is 0 Å². The van der Waals surface area contributed by atoms with Crippen LogP contribution in [0.2, 0.25) is 0 Å². The van der Waals surface area contributed by atoms with E-state index in [1.165, 1.54) is 10.6 Å². The molecule has 0 aliphatic carbocycles. The highest BCUT2D eigenvalue weighted by Gasteiger charge is 2.18. The highest BCUT2D eigenvalue weighted by molar-refractivity contribution is 7.88. The molecular formula is C16H26N2O3S. The zero-order valence-electron chi connectivity index (χ0n) is 13.6. The Hall–Kier alpha value is -1.40. The standard InChI is InChI=1S/C16H26N2O3S/c1-4-15(5-2)16(19)17-11-12-18(22(3,20)21)13-14-9-7-6-8-10-14/h6-10,15H,4-5,11-13H2,1-3H3,(H,17,19). The number of rotatable bonds is 9. The van der Waals surface area contributed by atoms with E-state index in [4.69, 9.17) is 0 Å². The number of carbonyl (C=O) groups is 1. The van der Waals surface area contributed by atoms with E-state index in [2.05, 4.69) is 5.32 Å². The minimum Gasteiger partial charge on any atom is -0.355 e. The van der Waals surface area contributed by atoms with Crippen LogP contribution in [0.3, 0.4) is 0 Å². The maximum atomic E-state index is 11.9. The van der Waals surface area contributed by atoms with Crippen molar-refractivity contribution in [2.45, 2.75) is 33.2 Å². The molecule has 22 heavy (non-hydrogen) atoms. The summed E-state index contributed by atoms with van der Waals surface area (Å²) < 4.78 is 25.1. The fraction of sp³-hybridized carbons (Fsp3) is 0.562. The van der Waals surface area contributed by atoms with E-state index in [0.29, 0.717) is 13.1 Å². The average molecular weight is 326 g/mol. The fourth-order valence-corrected chi connectivity index (χ4v) is 3.06.